The average Bonchev–Trinajstić information content (AvgIpc) is 2.56. The molecule has 2 aromatic rings. The average molecular weight is 392 g/mol. The van der Waals surface area contributed by atoms with Gasteiger partial charge in [0, 0.05) is 10.0 Å². The predicted molar refractivity (Wildman–Crippen MR) is 88.5 cm³/mol. The van der Waals surface area contributed by atoms with Crippen molar-refractivity contribution in [1.29, 1.82) is 5.26 Å². The highest BCUT2D eigenvalue weighted by Gasteiger charge is 2.12. The minimum absolute atomic E-state index is 0.0507. The molecule has 122 valence electrons. The lowest BCUT2D eigenvalue weighted by Gasteiger charge is -2.06. The lowest BCUT2D eigenvalue weighted by molar-refractivity contribution is 0.0951. The molecule has 2 N–H and O–H groups in total. The quantitative estimate of drug-likeness (QED) is 0.618. The standard InChI is InChI=1S/C16H11BrFN3O3/c1-24-15-5-10(12(17)6-14(15)22)8-20-21-16(23)11-3-2-9(7-19)4-13(11)18/h2-6,8,22H,1H3,(H,21,23)/b20-8-. The number of benzene rings is 2. The highest BCUT2D eigenvalue weighted by molar-refractivity contribution is 9.10. The van der Waals surface area contributed by atoms with Crippen LogP contribution in [0.15, 0.2) is 39.9 Å². The zero-order valence-electron chi connectivity index (χ0n) is 12.4. The topological polar surface area (TPSA) is 94.7 Å². The van der Waals surface area contributed by atoms with Crippen LogP contribution in [0.1, 0.15) is 21.5 Å². The first-order chi connectivity index (χ1) is 11.5. The zero-order valence-corrected chi connectivity index (χ0v) is 14.0. The highest BCUT2D eigenvalue weighted by atomic mass is 79.9. The molecule has 0 fully saturated rings. The van der Waals surface area contributed by atoms with Gasteiger partial charge in [0.1, 0.15) is 5.82 Å². The third-order valence-electron chi connectivity index (χ3n) is 3.01. The third kappa shape index (κ3) is 3.88. The first-order valence-electron chi connectivity index (χ1n) is 6.55. The molecular formula is C16H11BrFN3O3. The fourth-order valence-electron chi connectivity index (χ4n) is 1.81. The maximum absolute atomic E-state index is 13.7. The second-order valence-corrected chi connectivity index (χ2v) is 5.41. The fraction of sp³-hybridized carbons (Fsp3) is 0.0625. The number of nitrogens with zero attached hydrogens (tertiary/aromatic N) is 2. The molecule has 0 radical (unpaired) electrons. The minimum atomic E-state index is -0.811. The van der Waals surface area contributed by atoms with Crippen LogP contribution in [0, 0.1) is 17.1 Å². The number of carbonyl (C=O) groups is 1. The van der Waals surface area contributed by atoms with E-state index < -0.39 is 11.7 Å². The second-order valence-electron chi connectivity index (χ2n) is 4.55. The molecule has 0 bridgehead atoms. The number of nitrogens with one attached hydrogen (secondary N) is 1. The number of amides is 1. The van der Waals surface area contributed by atoms with Crippen LogP contribution in [0.5, 0.6) is 11.5 Å². The second kappa shape index (κ2) is 7.57. The van der Waals surface area contributed by atoms with Gasteiger partial charge in [-0.1, -0.05) is 0 Å². The Kier molecular flexibility index (Phi) is 5.50. The molecule has 24 heavy (non-hydrogen) atoms. The van der Waals surface area contributed by atoms with E-state index in [4.69, 9.17) is 10.00 Å². The molecule has 0 atom stereocenters. The number of phenolic OH excluding ortho intramolecular Hbond substituents is 1. The van der Waals surface area contributed by atoms with E-state index in [-0.39, 0.29) is 22.6 Å². The van der Waals surface area contributed by atoms with Crippen LogP contribution in [0.2, 0.25) is 0 Å². The summed E-state index contributed by atoms with van der Waals surface area (Å²) in [5.41, 5.74) is 2.61. The Morgan fingerprint density at radius 2 is 2.21 bits per heavy atom. The van der Waals surface area contributed by atoms with Crippen LogP contribution < -0.4 is 10.2 Å². The summed E-state index contributed by atoms with van der Waals surface area (Å²) in [4.78, 5) is 11.9. The maximum Gasteiger partial charge on any atom is 0.274 e. The van der Waals surface area contributed by atoms with Gasteiger partial charge in [0.15, 0.2) is 11.5 Å². The van der Waals surface area contributed by atoms with Gasteiger partial charge in [-0.25, -0.2) is 9.82 Å². The number of aromatic hydroxyl groups is 1. The number of phenols is 1. The number of halogens is 2. The molecule has 0 spiro atoms. The van der Waals surface area contributed by atoms with Crippen molar-refractivity contribution in [1.82, 2.24) is 5.43 Å². The largest absolute Gasteiger partial charge is 0.504 e. The minimum Gasteiger partial charge on any atom is -0.504 e. The van der Waals surface area contributed by atoms with E-state index in [0.717, 1.165) is 6.07 Å². The normalized spacial score (nSPS) is 10.4. The van der Waals surface area contributed by atoms with Crippen LogP contribution in [0.3, 0.4) is 0 Å². The van der Waals surface area contributed by atoms with Crippen molar-refractivity contribution < 1.29 is 19.0 Å². The highest BCUT2D eigenvalue weighted by Crippen LogP contribution is 2.31. The number of methoxy groups -OCH3 is 1. The van der Waals surface area contributed by atoms with Crippen molar-refractivity contribution in [3.8, 4) is 17.6 Å². The van der Waals surface area contributed by atoms with Gasteiger partial charge in [-0.3, -0.25) is 4.79 Å². The maximum atomic E-state index is 13.7. The number of rotatable bonds is 4. The van der Waals surface area contributed by atoms with Crippen LogP contribution in [0.25, 0.3) is 0 Å². The summed E-state index contributed by atoms with van der Waals surface area (Å²) in [7, 11) is 1.40. The Hall–Kier alpha value is -2.92. The lowest BCUT2D eigenvalue weighted by Crippen LogP contribution is -2.19. The summed E-state index contributed by atoms with van der Waals surface area (Å²) in [6, 6.07) is 8.23. The molecule has 0 aromatic heterocycles. The monoisotopic (exact) mass is 391 g/mol. The lowest BCUT2D eigenvalue weighted by atomic mass is 10.1. The van der Waals surface area contributed by atoms with Gasteiger partial charge in [0.2, 0.25) is 0 Å². The van der Waals surface area contributed by atoms with Crippen LogP contribution >= 0.6 is 15.9 Å². The first kappa shape index (κ1) is 17.4. The Morgan fingerprint density at radius 3 is 2.83 bits per heavy atom. The van der Waals surface area contributed by atoms with Gasteiger partial charge in [-0.15, -0.1) is 0 Å². The third-order valence-corrected chi connectivity index (χ3v) is 3.70. The van der Waals surface area contributed by atoms with E-state index in [9.17, 15) is 14.3 Å². The summed E-state index contributed by atoms with van der Waals surface area (Å²) in [5.74, 6) is -1.38. The molecule has 2 rings (SSSR count). The van der Waals surface area contributed by atoms with Gasteiger partial charge in [-0.2, -0.15) is 10.4 Å². The van der Waals surface area contributed by atoms with Crippen LogP contribution in [-0.4, -0.2) is 24.3 Å². The molecule has 0 saturated carbocycles. The van der Waals surface area contributed by atoms with Crippen molar-refractivity contribution >= 4 is 28.1 Å². The number of hydrogen-bond donors (Lipinski definition) is 2. The Labute approximate surface area is 145 Å². The van der Waals surface area contributed by atoms with E-state index in [1.54, 1.807) is 6.07 Å². The molecule has 0 aliphatic heterocycles. The van der Waals surface area contributed by atoms with E-state index in [1.165, 1.54) is 37.6 Å². The van der Waals surface area contributed by atoms with Crippen molar-refractivity contribution in [2.45, 2.75) is 0 Å². The van der Waals surface area contributed by atoms with Crippen molar-refractivity contribution in [3.05, 3.63) is 57.3 Å². The van der Waals surface area contributed by atoms with Crippen LogP contribution in [-0.2, 0) is 0 Å². The van der Waals surface area contributed by atoms with Gasteiger partial charge < -0.3 is 9.84 Å². The van der Waals surface area contributed by atoms with Crippen molar-refractivity contribution in [2.75, 3.05) is 7.11 Å². The summed E-state index contributed by atoms with van der Waals surface area (Å²) in [6.07, 6.45) is 1.31. The Balaban J connectivity index is 2.15. The number of carbonyl (C=O) groups excluding carboxylic acids is 1. The molecule has 6 nitrogen and oxygen atoms in total. The predicted octanol–water partition coefficient (Wildman–Crippen LogP) is 2.94. The van der Waals surface area contributed by atoms with E-state index in [2.05, 4.69) is 26.5 Å². The van der Waals surface area contributed by atoms with Crippen LogP contribution in [0.4, 0.5) is 4.39 Å². The summed E-state index contributed by atoms with van der Waals surface area (Å²) < 4.78 is 19.2. The molecule has 0 aliphatic rings. The molecular weight excluding hydrogens is 381 g/mol. The number of hydrazone groups is 1. The Morgan fingerprint density at radius 1 is 1.46 bits per heavy atom. The molecule has 0 saturated heterocycles. The smallest absolute Gasteiger partial charge is 0.274 e. The van der Waals surface area contributed by atoms with E-state index in [0.29, 0.717) is 10.0 Å². The zero-order chi connectivity index (χ0) is 17.7. The SMILES string of the molecule is COc1cc(/C=N\NC(=O)c2ccc(C#N)cc2F)c(Br)cc1O. The summed E-state index contributed by atoms with van der Waals surface area (Å²) in [5, 5.41) is 22.0. The number of hydrogen-bond acceptors (Lipinski definition) is 5. The molecule has 8 heteroatoms. The molecule has 0 aliphatic carbocycles. The van der Waals surface area contributed by atoms with E-state index >= 15 is 0 Å². The van der Waals surface area contributed by atoms with Crippen molar-refractivity contribution in [2.24, 2.45) is 5.10 Å². The van der Waals surface area contributed by atoms with E-state index in [1.807, 2.05) is 0 Å². The number of ether oxygens (including phenoxy) is 1. The Bertz CT molecular complexity index is 862. The number of nitriles is 1. The molecule has 1 amide bonds. The van der Waals surface area contributed by atoms with Gasteiger partial charge in [0.25, 0.3) is 5.91 Å². The van der Waals surface area contributed by atoms with Crippen molar-refractivity contribution in [3.63, 3.8) is 0 Å². The van der Waals surface area contributed by atoms with Gasteiger partial charge >= 0.3 is 0 Å². The first-order valence-corrected chi connectivity index (χ1v) is 7.35. The summed E-state index contributed by atoms with van der Waals surface area (Å²) in [6.45, 7) is 0. The summed E-state index contributed by atoms with van der Waals surface area (Å²) >= 11 is 3.24. The molecule has 0 unspecified atom stereocenters. The molecule has 0 heterocycles. The fourth-order valence-corrected chi connectivity index (χ4v) is 2.24. The van der Waals surface area contributed by atoms with Gasteiger partial charge in [0.05, 0.1) is 30.5 Å². The van der Waals surface area contributed by atoms with Gasteiger partial charge in [-0.05, 0) is 46.3 Å². The molecule has 2 aromatic carbocycles.